The SMILES string of the molecule is CC(C)Cc1ccc(C(N)CN2CCCOCC2)cc1. The zero-order chi connectivity index (χ0) is 14.4. The van der Waals surface area contributed by atoms with Crippen LogP contribution < -0.4 is 5.73 Å². The van der Waals surface area contributed by atoms with Crippen molar-refractivity contribution >= 4 is 0 Å². The fourth-order valence-electron chi connectivity index (χ4n) is 2.74. The molecule has 1 aliphatic rings. The van der Waals surface area contributed by atoms with Gasteiger partial charge in [0.15, 0.2) is 0 Å². The van der Waals surface area contributed by atoms with E-state index in [0.29, 0.717) is 5.92 Å². The second kappa shape index (κ2) is 7.77. The Hall–Kier alpha value is -0.900. The summed E-state index contributed by atoms with van der Waals surface area (Å²) in [4.78, 5) is 2.42. The molecule has 0 spiro atoms. The number of nitrogens with two attached hydrogens (primary N) is 1. The second-order valence-corrected chi connectivity index (χ2v) is 6.21. The van der Waals surface area contributed by atoms with Crippen molar-refractivity contribution in [1.82, 2.24) is 4.90 Å². The van der Waals surface area contributed by atoms with Gasteiger partial charge in [-0.1, -0.05) is 38.1 Å². The summed E-state index contributed by atoms with van der Waals surface area (Å²) < 4.78 is 5.48. The minimum atomic E-state index is 0.0983. The molecule has 0 aromatic heterocycles. The monoisotopic (exact) mass is 276 g/mol. The predicted octanol–water partition coefficient (Wildman–Crippen LogP) is 2.61. The van der Waals surface area contributed by atoms with E-state index in [1.54, 1.807) is 0 Å². The van der Waals surface area contributed by atoms with Crippen LogP contribution in [-0.4, -0.2) is 37.7 Å². The number of ether oxygens (including phenoxy) is 1. The number of hydrogen-bond acceptors (Lipinski definition) is 3. The Morgan fingerprint density at radius 3 is 2.60 bits per heavy atom. The van der Waals surface area contributed by atoms with Crippen LogP contribution in [0.25, 0.3) is 0 Å². The van der Waals surface area contributed by atoms with Crippen LogP contribution in [0.5, 0.6) is 0 Å². The third kappa shape index (κ3) is 4.89. The van der Waals surface area contributed by atoms with Crippen LogP contribution in [-0.2, 0) is 11.2 Å². The van der Waals surface area contributed by atoms with E-state index in [1.807, 2.05) is 0 Å². The van der Waals surface area contributed by atoms with Crippen LogP contribution in [0.1, 0.15) is 37.4 Å². The summed E-state index contributed by atoms with van der Waals surface area (Å²) in [6, 6.07) is 8.93. The Labute approximate surface area is 123 Å². The molecule has 1 saturated heterocycles. The van der Waals surface area contributed by atoms with E-state index in [4.69, 9.17) is 10.5 Å². The molecule has 2 rings (SSSR count). The highest BCUT2D eigenvalue weighted by Crippen LogP contribution is 2.16. The highest BCUT2D eigenvalue weighted by atomic mass is 16.5. The average molecular weight is 276 g/mol. The molecule has 1 atom stereocenters. The third-order valence-corrected chi connectivity index (χ3v) is 3.82. The van der Waals surface area contributed by atoms with Gasteiger partial charge in [-0.3, -0.25) is 4.90 Å². The summed E-state index contributed by atoms with van der Waals surface area (Å²) in [6.07, 6.45) is 2.25. The van der Waals surface area contributed by atoms with Crippen molar-refractivity contribution in [3.63, 3.8) is 0 Å². The maximum atomic E-state index is 6.35. The van der Waals surface area contributed by atoms with Gasteiger partial charge >= 0.3 is 0 Å². The Balaban J connectivity index is 1.89. The number of rotatable bonds is 5. The number of nitrogens with zero attached hydrogens (tertiary/aromatic N) is 1. The molecule has 1 fully saturated rings. The first-order valence-corrected chi connectivity index (χ1v) is 7.79. The van der Waals surface area contributed by atoms with E-state index in [2.05, 4.69) is 43.0 Å². The van der Waals surface area contributed by atoms with Gasteiger partial charge in [0.1, 0.15) is 0 Å². The molecule has 20 heavy (non-hydrogen) atoms. The van der Waals surface area contributed by atoms with Gasteiger partial charge in [0.25, 0.3) is 0 Å². The number of benzene rings is 1. The lowest BCUT2D eigenvalue weighted by molar-refractivity contribution is 0.140. The highest BCUT2D eigenvalue weighted by molar-refractivity contribution is 5.25. The molecule has 1 aromatic carbocycles. The lowest BCUT2D eigenvalue weighted by Crippen LogP contribution is -2.34. The Kier molecular flexibility index (Phi) is 6.02. The molecule has 0 saturated carbocycles. The summed E-state index contributed by atoms with van der Waals surface area (Å²) in [5.74, 6) is 0.701. The van der Waals surface area contributed by atoms with Crippen molar-refractivity contribution in [2.45, 2.75) is 32.7 Å². The molecular formula is C17H28N2O. The van der Waals surface area contributed by atoms with Gasteiger partial charge in [-0.15, -0.1) is 0 Å². The van der Waals surface area contributed by atoms with E-state index >= 15 is 0 Å². The molecular weight excluding hydrogens is 248 g/mol. The average Bonchev–Trinajstić information content (AvgIpc) is 2.67. The van der Waals surface area contributed by atoms with Crippen molar-refractivity contribution < 1.29 is 4.74 Å². The van der Waals surface area contributed by atoms with Gasteiger partial charge in [0.05, 0.1) is 6.61 Å². The smallest absolute Gasteiger partial charge is 0.0593 e. The van der Waals surface area contributed by atoms with Crippen molar-refractivity contribution in [3.8, 4) is 0 Å². The fraction of sp³-hybridized carbons (Fsp3) is 0.647. The van der Waals surface area contributed by atoms with Crippen molar-refractivity contribution in [2.24, 2.45) is 11.7 Å². The Morgan fingerprint density at radius 1 is 1.15 bits per heavy atom. The molecule has 112 valence electrons. The quantitative estimate of drug-likeness (QED) is 0.898. The van der Waals surface area contributed by atoms with E-state index < -0.39 is 0 Å². The zero-order valence-electron chi connectivity index (χ0n) is 12.8. The molecule has 1 aliphatic heterocycles. The van der Waals surface area contributed by atoms with Crippen molar-refractivity contribution in [1.29, 1.82) is 0 Å². The summed E-state index contributed by atoms with van der Waals surface area (Å²) in [6.45, 7) is 9.24. The van der Waals surface area contributed by atoms with Gasteiger partial charge in [-0.25, -0.2) is 0 Å². The maximum Gasteiger partial charge on any atom is 0.0593 e. The van der Waals surface area contributed by atoms with Gasteiger partial charge in [-0.2, -0.15) is 0 Å². The molecule has 0 bridgehead atoms. The first-order valence-electron chi connectivity index (χ1n) is 7.79. The molecule has 3 heteroatoms. The number of hydrogen-bond donors (Lipinski definition) is 1. The van der Waals surface area contributed by atoms with E-state index in [1.165, 1.54) is 11.1 Å². The lowest BCUT2D eigenvalue weighted by atomic mass is 9.99. The molecule has 3 nitrogen and oxygen atoms in total. The van der Waals surface area contributed by atoms with Gasteiger partial charge in [0, 0.05) is 32.3 Å². The first-order chi connectivity index (χ1) is 9.65. The third-order valence-electron chi connectivity index (χ3n) is 3.82. The van der Waals surface area contributed by atoms with Crippen LogP contribution in [0.4, 0.5) is 0 Å². The topological polar surface area (TPSA) is 38.5 Å². The maximum absolute atomic E-state index is 6.35. The molecule has 0 aliphatic carbocycles. The summed E-state index contributed by atoms with van der Waals surface area (Å²) in [5, 5.41) is 0. The Morgan fingerprint density at radius 2 is 1.90 bits per heavy atom. The van der Waals surface area contributed by atoms with Crippen LogP contribution in [0.3, 0.4) is 0 Å². The fourth-order valence-corrected chi connectivity index (χ4v) is 2.74. The second-order valence-electron chi connectivity index (χ2n) is 6.21. The summed E-state index contributed by atoms with van der Waals surface area (Å²) >= 11 is 0. The van der Waals surface area contributed by atoms with E-state index in [9.17, 15) is 0 Å². The zero-order valence-corrected chi connectivity index (χ0v) is 12.8. The lowest BCUT2D eigenvalue weighted by Gasteiger charge is -2.23. The van der Waals surface area contributed by atoms with E-state index in [0.717, 1.165) is 45.7 Å². The normalized spacial score (nSPS) is 19.0. The molecule has 0 amide bonds. The molecule has 1 unspecified atom stereocenters. The van der Waals surface area contributed by atoms with Gasteiger partial charge < -0.3 is 10.5 Å². The van der Waals surface area contributed by atoms with Gasteiger partial charge in [0.2, 0.25) is 0 Å². The summed E-state index contributed by atoms with van der Waals surface area (Å²) in [7, 11) is 0. The van der Waals surface area contributed by atoms with Crippen LogP contribution >= 0.6 is 0 Å². The van der Waals surface area contributed by atoms with Crippen LogP contribution in [0.15, 0.2) is 24.3 Å². The Bertz CT molecular complexity index is 380. The summed E-state index contributed by atoms with van der Waals surface area (Å²) in [5.41, 5.74) is 8.99. The standard InChI is InChI=1S/C17H28N2O/c1-14(2)12-15-4-6-16(7-5-15)17(18)13-19-8-3-10-20-11-9-19/h4-7,14,17H,3,8-13,18H2,1-2H3. The molecule has 1 heterocycles. The molecule has 2 N–H and O–H groups in total. The molecule has 1 aromatic rings. The van der Waals surface area contributed by atoms with Crippen LogP contribution in [0.2, 0.25) is 0 Å². The largest absolute Gasteiger partial charge is 0.380 e. The van der Waals surface area contributed by atoms with Crippen molar-refractivity contribution in [2.75, 3.05) is 32.8 Å². The van der Waals surface area contributed by atoms with E-state index in [-0.39, 0.29) is 6.04 Å². The minimum Gasteiger partial charge on any atom is -0.380 e. The van der Waals surface area contributed by atoms with Crippen molar-refractivity contribution in [3.05, 3.63) is 35.4 Å². The van der Waals surface area contributed by atoms with Crippen LogP contribution in [0, 0.1) is 5.92 Å². The first kappa shape index (κ1) is 15.5. The van der Waals surface area contributed by atoms with Gasteiger partial charge in [-0.05, 0) is 29.9 Å². The molecule has 0 radical (unpaired) electrons. The predicted molar refractivity (Wildman–Crippen MR) is 83.8 cm³/mol. The highest BCUT2D eigenvalue weighted by Gasteiger charge is 2.14. The minimum absolute atomic E-state index is 0.0983.